The van der Waals surface area contributed by atoms with Gasteiger partial charge in [0.2, 0.25) is 0 Å². The number of carbonyl (C=O) groups is 1. The molecule has 0 atom stereocenters. The number of halogens is 3. The molecule has 5 nitrogen and oxygen atoms in total. The lowest BCUT2D eigenvalue weighted by molar-refractivity contribution is 0.0944. The van der Waals surface area contributed by atoms with E-state index < -0.39 is 28.9 Å². The first-order valence-corrected chi connectivity index (χ1v) is 5.50. The Morgan fingerprint density at radius 2 is 1.89 bits per heavy atom. The first-order valence-electron chi connectivity index (χ1n) is 5.50. The fourth-order valence-electron chi connectivity index (χ4n) is 1.40. The zero-order valence-electron chi connectivity index (χ0n) is 9.87. The van der Waals surface area contributed by atoms with Crippen LogP contribution in [0.3, 0.4) is 0 Å². The van der Waals surface area contributed by atoms with Gasteiger partial charge >= 0.3 is 0 Å². The van der Waals surface area contributed by atoms with Gasteiger partial charge in [-0.25, -0.2) is 13.2 Å². The minimum Gasteiger partial charge on any atom is -0.352 e. The van der Waals surface area contributed by atoms with Crippen molar-refractivity contribution in [1.82, 2.24) is 5.32 Å². The van der Waals surface area contributed by atoms with Gasteiger partial charge in [0, 0.05) is 30.1 Å². The predicted molar refractivity (Wildman–Crippen MR) is 61.9 cm³/mol. The maximum absolute atomic E-state index is 13.2. The molecule has 0 aliphatic carbocycles. The average molecular weight is 272 g/mol. The number of benzene rings is 1. The summed E-state index contributed by atoms with van der Waals surface area (Å²) in [6, 6.07) is 0.888. The lowest BCUT2D eigenvalue weighted by Crippen LogP contribution is -2.26. The van der Waals surface area contributed by atoms with E-state index in [2.05, 4.69) is 15.3 Å². The summed E-state index contributed by atoms with van der Waals surface area (Å²) >= 11 is 0. The molecule has 1 N–H and O–H groups in total. The van der Waals surface area contributed by atoms with Crippen LogP contribution in [-0.4, -0.2) is 19.0 Å². The third kappa shape index (κ3) is 4.51. The summed E-state index contributed by atoms with van der Waals surface area (Å²) in [6.45, 7) is 0.460. The molecular formula is C11H11F3N4O. The Morgan fingerprint density at radius 3 is 2.47 bits per heavy atom. The molecule has 0 spiro atoms. The average Bonchev–Trinajstić information content (AvgIpc) is 2.32. The Hall–Kier alpha value is -2.21. The van der Waals surface area contributed by atoms with E-state index in [9.17, 15) is 18.0 Å². The molecule has 0 aliphatic heterocycles. The van der Waals surface area contributed by atoms with Crippen LogP contribution < -0.4 is 5.32 Å². The highest BCUT2D eigenvalue weighted by atomic mass is 19.1. The first-order chi connectivity index (χ1) is 9.06. The van der Waals surface area contributed by atoms with Gasteiger partial charge in [-0.15, -0.1) is 0 Å². The highest BCUT2D eigenvalue weighted by Crippen LogP contribution is 2.14. The van der Waals surface area contributed by atoms with E-state index in [0.29, 0.717) is 25.0 Å². The van der Waals surface area contributed by atoms with Crippen molar-refractivity contribution >= 4 is 5.91 Å². The van der Waals surface area contributed by atoms with Gasteiger partial charge in [0.25, 0.3) is 5.91 Å². The van der Waals surface area contributed by atoms with Gasteiger partial charge in [-0.2, -0.15) is 0 Å². The molecule has 0 fully saturated rings. The van der Waals surface area contributed by atoms with Crippen molar-refractivity contribution in [2.75, 3.05) is 13.1 Å². The summed E-state index contributed by atoms with van der Waals surface area (Å²) in [5.41, 5.74) is 7.21. The molecule has 1 aromatic rings. The highest BCUT2D eigenvalue weighted by molar-refractivity contribution is 5.94. The first kappa shape index (κ1) is 14.8. The predicted octanol–water partition coefficient (Wildman–Crippen LogP) is 2.92. The van der Waals surface area contributed by atoms with Crippen LogP contribution in [0.4, 0.5) is 13.2 Å². The minimum atomic E-state index is -1.25. The Balaban J connectivity index is 2.52. The molecule has 1 rings (SSSR count). The third-order valence-corrected chi connectivity index (χ3v) is 2.27. The number of hydrogen-bond acceptors (Lipinski definition) is 2. The zero-order valence-corrected chi connectivity index (χ0v) is 9.87. The fraction of sp³-hybridized carbons (Fsp3) is 0.364. The molecule has 1 aromatic carbocycles. The standard InChI is InChI=1S/C11H11F3N4O/c12-7-5-8(13)10(9(14)6-7)11(19)16-3-1-2-4-17-18-15/h5-6H,1-4H2,(H,16,19). The quantitative estimate of drug-likeness (QED) is 0.367. The molecule has 102 valence electrons. The smallest absolute Gasteiger partial charge is 0.257 e. The molecule has 0 aromatic heterocycles. The summed E-state index contributed by atoms with van der Waals surface area (Å²) in [6.07, 6.45) is 1.04. The van der Waals surface area contributed by atoms with Crippen LogP contribution in [0, 0.1) is 17.5 Å². The largest absolute Gasteiger partial charge is 0.352 e. The van der Waals surface area contributed by atoms with Crippen LogP contribution in [0.1, 0.15) is 23.2 Å². The van der Waals surface area contributed by atoms with Crippen molar-refractivity contribution in [3.05, 3.63) is 45.6 Å². The van der Waals surface area contributed by atoms with Crippen LogP contribution in [-0.2, 0) is 0 Å². The lowest BCUT2D eigenvalue weighted by Gasteiger charge is -2.06. The second-order valence-electron chi connectivity index (χ2n) is 3.66. The maximum Gasteiger partial charge on any atom is 0.257 e. The van der Waals surface area contributed by atoms with Crippen molar-refractivity contribution < 1.29 is 18.0 Å². The molecule has 8 heteroatoms. The van der Waals surface area contributed by atoms with Crippen LogP contribution in [0.2, 0.25) is 0 Å². The van der Waals surface area contributed by atoms with Crippen molar-refractivity contribution in [2.24, 2.45) is 5.11 Å². The van der Waals surface area contributed by atoms with E-state index in [1.54, 1.807) is 0 Å². The Morgan fingerprint density at radius 1 is 1.26 bits per heavy atom. The van der Waals surface area contributed by atoms with E-state index in [-0.39, 0.29) is 13.1 Å². The van der Waals surface area contributed by atoms with Crippen LogP contribution >= 0.6 is 0 Å². The van der Waals surface area contributed by atoms with Gasteiger partial charge in [0.15, 0.2) is 0 Å². The molecule has 0 radical (unpaired) electrons. The summed E-state index contributed by atoms with van der Waals surface area (Å²) in [7, 11) is 0. The maximum atomic E-state index is 13.2. The Kier molecular flexibility index (Phi) is 5.69. The minimum absolute atomic E-state index is 0.177. The number of amides is 1. The SMILES string of the molecule is [N-]=[N+]=NCCCCNC(=O)c1c(F)cc(F)cc1F. The van der Waals surface area contributed by atoms with E-state index in [1.807, 2.05) is 0 Å². The van der Waals surface area contributed by atoms with Gasteiger partial charge in [-0.3, -0.25) is 4.79 Å². The Bertz CT molecular complexity index is 492. The monoisotopic (exact) mass is 272 g/mol. The number of rotatable bonds is 6. The number of nitrogens with zero attached hydrogens (tertiary/aromatic N) is 3. The zero-order chi connectivity index (χ0) is 14.3. The van der Waals surface area contributed by atoms with E-state index >= 15 is 0 Å². The molecule has 0 bridgehead atoms. The molecule has 0 saturated heterocycles. The van der Waals surface area contributed by atoms with E-state index in [1.165, 1.54) is 0 Å². The molecular weight excluding hydrogens is 261 g/mol. The van der Waals surface area contributed by atoms with Gasteiger partial charge in [0.1, 0.15) is 23.0 Å². The second kappa shape index (κ2) is 7.27. The summed E-state index contributed by atoms with van der Waals surface area (Å²) in [5.74, 6) is -4.52. The van der Waals surface area contributed by atoms with Crippen molar-refractivity contribution in [3.63, 3.8) is 0 Å². The molecule has 1 amide bonds. The van der Waals surface area contributed by atoms with Crippen molar-refractivity contribution in [3.8, 4) is 0 Å². The van der Waals surface area contributed by atoms with Crippen molar-refractivity contribution in [2.45, 2.75) is 12.8 Å². The molecule has 0 heterocycles. The van der Waals surface area contributed by atoms with Crippen LogP contribution in [0.5, 0.6) is 0 Å². The number of nitrogens with one attached hydrogen (secondary N) is 1. The lowest BCUT2D eigenvalue weighted by atomic mass is 10.1. The molecule has 19 heavy (non-hydrogen) atoms. The second-order valence-corrected chi connectivity index (χ2v) is 3.66. The Labute approximate surface area is 107 Å². The van der Waals surface area contributed by atoms with Crippen molar-refractivity contribution in [1.29, 1.82) is 0 Å². The van der Waals surface area contributed by atoms with Gasteiger partial charge in [-0.1, -0.05) is 5.11 Å². The summed E-state index contributed by atoms with van der Waals surface area (Å²) in [4.78, 5) is 14.0. The third-order valence-electron chi connectivity index (χ3n) is 2.27. The summed E-state index contributed by atoms with van der Waals surface area (Å²) < 4.78 is 39.1. The van der Waals surface area contributed by atoms with Crippen LogP contribution in [0.25, 0.3) is 10.4 Å². The molecule has 0 saturated carbocycles. The fourth-order valence-corrected chi connectivity index (χ4v) is 1.40. The number of unbranched alkanes of at least 4 members (excludes halogenated alkanes) is 1. The normalized spacial score (nSPS) is 9.84. The topological polar surface area (TPSA) is 77.9 Å². The molecule has 0 aliphatic rings. The van der Waals surface area contributed by atoms with Crippen LogP contribution in [0.15, 0.2) is 17.2 Å². The van der Waals surface area contributed by atoms with Gasteiger partial charge in [-0.05, 0) is 18.4 Å². The van der Waals surface area contributed by atoms with Gasteiger partial charge < -0.3 is 5.32 Å². The number of azide groups is 1. The van der Waals surface area contributed by atoms with Gasteiger partial charge in [0.05, 0.1) is 0 Å². The summed E-state index contributed by atoms with van der Waals surface area (Å²) in [5, 5.41) is 5.59. The number of carbonyl (C=O) groups excluding carboxylic acids is 1. The highest BCUT2D eigenvalue weighted by Gasteiger charge is 2.18. The number of hydrogen-bond donors (Lipinski definition) is 1. The van der Waals surface area contributed by atoms with E-state index in [4.69, 9.17) is 5.53 Å². The molecule has 0 unspecified atom stereocenters. The van der Waals surface area contributed by atoms with E-state index in [0.717, 1.165) is 0 Å².